The zero-order chi connectivity index (χ0) is 23.7. The number of nitrogens with zero attached hydrogens (tertiary/aromatic N) is 1. The average Bonchev–Trinajstić information content (AvgIpc) is 2.77. The average molecular weight is 466 g/mol. The molecule has 2 unspecified atom stereocenters. The van der Waals surface area contributed by atoms with Crippen molar-refractivity contribution in [3.05, 3.63) is 70.8 Å². The van der Waals surface area contributed by atoms with E-state index in [0.717, 1.165) is 6.07 Å². The van der Waals surface area contributed by atoms with Crippen molar-refractivity contribution < 1.29 is 28.9 Å². The van der Waals surface area contributed by atoms with E-state index in [9.17, 15) is 24.2 Å². The Hall–Kier alpha value is -3.01. The van der Waals surface area contributed by atoms with E-state index >= 15 is 0 Å². The fraction of sp³-hybridized carbons (Fsp3) is 0.318. The standard InChI is InChI=1S/C22H25ClFN3O5/c1-13(2)19(27-22(31)20-7-14(11-28)5-6-25-20)8-15(29)10-26-21(30)12-32-16-3-4-17(23)18(24)9-16/h3-7,9,15,19,28-29H,1,8,10-12H2,2H3,(H,26,30)(H,27,31). The number of carbonyl (C=O) groups is 2. The summed E-state index contributed by atoms with van der Waals surface area (Å²) in [4.78, 5) is 28.4. The van der Waals surface area contributed by atoms with Crippen LogP contribution in [0, 0.1) is 5.82 Å². The number of halogens is 2. The molecule has 0 aliphatic rings. The normalized spacial score (nSPS) is 12.5. The van der Waals surface area contributed by atoms with E-state index in [2.05, 4.69) is 22.2 Å². The lowest BCUT2D eigenvalue weighted by Crippen LogP contribution is -2.42. The molecular formula is C22H25ClFN3O5. The number of aliphatic hydroxyl groups is 2. The van der Waals surface area contributed by atoms with Crippen LogP contribution in [0.4, 0.5) is 4.39 Å². The van der Waals surface area contributed by atoms with Crippen LogP contribution in [-0.4, -0.2) is 52.3 Å². The van der Waals surface area contributed by atoms with Crippen LogP contribution >= 0.6 is 11.6 Å². The Bertz CT molecular complexity index is 972. The Balaban J connectivity index is 1.82. The summed E-state index contributed by atoms with van der Waals surface area (Å²) in [5.74, 6) is -1.51. The molecule has 0 spiro atoms. The van der Waals surface area contributed by atoms with Gasteiger partial charge in [0.15, 0.2) is 6.61 Å². The van der Waals surface area contributed by atoms with Gasteiger partial charge in [-0.2, -0.15) is 0 Å². The van der Waals surface area contributed by atoms with Crippen LogP contribution in [0.1, 0.15) is 29.4 Å². The second kappa shape index (κ2) is 12.1. The molecule has 0 bridgehead atoms. The van der Waals surface area contributed by atoms with Crippen molar-refractivity contribution in [2.75, 3.05) is 13.2 Å². The number of nitrogens with one attached hydrogen (secondary N) is 2. The maximum absolute atomic E-state index is 13.4. The van der Waals surface area contributed by atoms with E-state index in [1.54, 1.807) is 13.0 Å². The molecular weight excluding hydrogens is 441 g/mol. The maximum Gasteiger partial charge on any atom is 0.270 e. The number of hydrogen-bond donors (Lipinski definition) is 4. The Morgan fingerprint density at radius 3 is 2.72 bits per heavy atom. The smallest absolute Gasteiger partial charge is 0.270 e. The minimum atomic E-state index is -0.981. The number of amides is 2. The summed E-state index contributed by atoms with van der Waals surface area (Å²) >= 11 is 5.59. The Kier molecular flexibility index (Phi) is 9.58. The molecule has 1 aromatic heterocycles. The summed E-state index contributed by atoms with van der Waals surface area (Å²) in [5.41, 5.74) is 1.28. The van der Waals surface area contributed by atoms with Gasteiger partial charge in [-0.15, -0.1) is 0 Å². The van der Waals surface area contributed by atoms with Gasteiger partial charge in [0.05, 0.1) is 23.8 Å². The molecule has 1 aromatic carbocycles. The van der Waals surface area contributed by atoms with Gasteiger partial charge in [0.25, 0.3) is 11.8 Å². The molecule has 2 atom stereocenters. The van der Waals surface area contributed by atoms with Crippen LogP contribution in [0.3, 0.4) is 0 Å². The molecule has 1 heterocycles. The van der Waals surface area contributed by atoms with Crippen LogP contribution in [0.15, 0.2) is 48.7 Å². The topological polar surface area (TPSA) is 121 Å². The van der Waals surface area contributed by atoms with Gasteiger partial charge in [-0.1, -0.05) is 23.8 Å². The number of rotatable bonds is 11. The van der Waals surface area contributed by atoms with Crippen molar-refractivity contribution in [2.24, 2.45) is 0 Å². The first-order valence-corrected chi connectivity index (χ1v) is 10.1. The lowest BCUT2D eigenvalue weighted by molar-refractivity contribution is -0.123. The van der Waals surface area contributed by atoms with Gasteiger partial charge in [0.2, 0.25) is 0 Å². The number of aliphatic hydroxyl groups excluding tert-OH is 2. The van der Waals surface area contributed by atoms with Gasteiger partial charge >= 0.3 is 0 Å². The molecule has 32 heavy (non-hydrogen) atoms. The third kappa shape index (κ3) is 7.92. The van der Waals surface area contributed by atoms with Gasteiger partial charge in [0, 0.05) is 18.8 Å². The summed E-state index contributed by atoms with van der Waals surface area (Å²) in [7, 11) is 0. The second-order valence-corrected chi connectivity index (χ2v) is 7.55. The molecule has 10 heteroatoms. The molecule has 0 aliphatic heterocycles. The van der Waals surface area contributed by atoms with Crippen molar-refractivity contribution in [3.8, 4) is 5.75 Å². The Labute approximate surface area is 190 Å². The predicted molar refractivity (Wildman–Crippen MR) is 117 cm³/mol. The van der Waals surface area contributed by atoms with E-state index < -0.39 is 29.8 Å². The molecule has 0 fully saturated rings. The van der Waals surface area contributed by atoms with Crippen LogP contribution in [0.25, 0.3) is 0 Å². The van der Waals surface area contributed by atoms with Crippen molar-refractivity contribution in [1.82, 2.24) is 15.6 Å². The molecule has 8 nitrogen and oxygen atoms in total. The van der Waals surface area contributed by atoms with E-state index in [4.69, 9.17) is 16.3 Å². The summed E-state index contributed by atoms with van der Waals surface area (Å²) < 4.78 is 18.6. The number of benzene rings is 1. The third-order valence-electron chi connectivity index (χ3n) is 4.44. The van der Waals surface area contributed by atoms with E-state index in [1.807, 2.05) is 0 Å². The Morgan fingerprint density at radius 2 is 2.06 bits per heavy atom. The molecule has 172 valence electrons. The molecule has 0 radical (unpaired) electrons. The van der Waals surface area contributed by atoms with Gasteiger partial charge in [-0.3, -0.25) is 14.6 Å². The van der Waals surface area contributed by atoms with E-state index in [1.165, 1.54) is 24.4 Å². The third-order valence-corrected chi connectivity index (χ3v) is 4.75. The quantitative estimate of drug-likeness (QED) is 0.377. The molecule has 2 rings (SSSR count). The molecule has 0 aliphatic carbocycles. The monoisotopic (exact) mass is 465 g/mol. The summed E-state index contributed by atoms with van der Waals surface area (Å²) in [6.45, 7) is 4.85. The predicted octanol–water partition coefficient (Wildman–Crippen LogP) is 1.99. The van der Waals surface area contributed by atoms with E-state index in [-0.39, 0.29) is 42.6 Å². The molecule has 0 saturated carbocycles. The first-order valence-electron chi connectivity index (χ1n) is 9.74. The zero-order valence-electron chi connectivity index (χ0n) is 17.5. The fourth-order valence-electron chi connectivity index (χ4n) is 2.67. The minimum Gasteiger partial charge on any atom is -0.484 e. The summed E-state index contributed by atoms with van der Waals surface area (Å²) in [5, 5.41) is 24.7. The van der Waals surface area contributed by atoms with Crippen molar-refractivity contribution >= 4 is 23.4 Å². The first-order chi connectivity index (χ1) is 15.2. The number of ether oxygens (including phenoxy) is 1. The molecule has 2 amide bonds. The molecule has 4 N–H and O–H groups in total. The van der Waals surface area contributed by atoms with Crippen molar-refractivity contribution in [1.29, 1.82) is 0 Å². The number of aromatic nitrogens is 1. The van der Waals surface area contributed by atoms with Crippen molar-refractivity contribution in [2.45, 2.75) is 32.1 Å². The highest BCUT2D eigenvalue weighted by Crippen LogP contribution is 2.20. The number of pyridine rings is 1. The zero-order valence-corrected chi connectivity index (χ0v) is 18.2. The van der Waals surface area contributed by atoms with Crippen LogP contribution in [-0.2, 0) is 11.4 Å². The summed E-state index contributed by atoms with van der Waals surface area (Å²) in [6.07, 6.45) is 0.538. The van der Waals surface area contributed by atoms with Crippen LogP contribution < -0.4 is 15.4 Å². The molecule has 0 saturated heterocycles. The molecule has 2 aromatic rings. The fourth-order valence-corrected chi connectivity index (χ4v) is 2.78. The lowest BCUT2D eigenvalue weighted by Gasteiger charge is -2.22. The first kappa shape index (κ1) is 25.3. The summed E-state index contributed by atoms with van der Waals surface area (Å²) in [6, 6.07) is 6.30. The second-order valence-electron chi connectivity index (χ2n) is 7.14. The van der Waals surface area contributed by atoms with Crippen molar-refractivity contribution in [3.63, 3.8) is 0 Å². The number of hydrogen-bond acceptors (Lipinski definition) is 6. The number of carbonyl (C=O) groups excluding carboxylic acids is 2. The van der Waals surface area contributed by atoms with E-state index in [0.29, 0.717) is 11.1 Å². The van der Waals surface area contributed by atoms with Gasteiger partial charge in [-0.05, 0) is 43.2 Å². The van der Waals surface area contributed by atoms with Crippen LogP contribution in [0.5, 0.6) is 5.75 Å². The SMILES string of the molecule is C=C(C)C(CC(O)CNC(=O)COc1ccc(Cl)c(F)c1)NC(=O)c1cc(CO)ccn1. The largest absolute Gasteiger partial charge is 0.484 e. The van der Waals surface area contributed by atoms with Gasteiger partial charge in [-0.25, -0.2) is 4.39 Å². The van der Waals surface area contributed by atoms with Gasteiger partial charge in [0.1, 0.15) is 17.3 Å². The highest BCUT2D eigenvalue weighted by atomic mass is 35.5. The maximum atomic E-state index is 13.4. The Morgan fingerprint density at radius 1 is 1.31 bits per heavy atom. The lowest BCUT2D eigenvalue weighted by atomic mass is 10.0. The minimum absolute atomic E-state index is 0.0547. The highest BCUT2D eigenvalue weighted by Gasteiger charge is 2.20. The highest BCUT2D eigenvalue weighted by molar-refractivity contribution is 6.30. The van der Waals surface area contributed by atoms with Crippen LogP contribution in [0.2, 0.25) is 5.02 Å². The van der Waals surface area contributed by atoms with Gasteiger partial charge < -0.3 is 25.6 Å².